The maximum absolute atomic E-state index is 10.7. The molecule has 0 amide bonds. The highest BCUT2D eigenvalue weighted by Gasteiger charge is 2.13. The van der Waals surface area contributed by atoms with Gasteiger partial charge in [-0.3, -0.25) is 15.1 Å². The first kappa shape index (κ1) is 15.1. The third-order valence-electron chi connectivity index (χ3n) is 3.99. The Hall–Kier alpha value is -2.76. The van der Waals surface area contributed by atoms with Gasteiger partial charge in [0.05, 0.1) is 10.6 Å². The van der Waals surface area contributed by atoms with Crippen molar-refractivity contribution in [2.75, 3.05) is 18.0 Å². The van der Waals surface area contributed by atoms with Crippen molar-refractivity contribution in [1.82, 2.24) is 9.97 Å². The summed E-state index contributed by atoms with van der Waals surface area (Å²) in [4.78, 5) is 20.8. The fourth-order valence-electron chi connectivity index (χ4n) is 2.77. The van der Waals surface area contributed by atoms with Gasteiger partial charge in [-0.1, -0.05) is 5.57 Å². The third kappa shape index (κ3) is 3.91. The second-order valence-corrected chi connectivity index (χ2v) is 5.55. The molecule has 1 aliphatic rings. The van der Waals surface area contributed by atoms with Gasteiger partial charge < -0.3 is 4.90 Å². The molecule has 23 heavy (non-hydrogen) atoms. The van der Waals surface area contributed by atoms with Crippen LogP contribution in [0.4, 0.5) is 11.4 Å². The Balaban J connectivity index is 1.68. The largest absolute Gasteiger partial charge is 0.371 e. The molecule has 0 spiro atoms. The topological polar surface area (TPSA) is 72.2 Å². The van der Waals surface area contributed by atoms with E-state index in [4.69, 9.17) is 0 Å². The fourth-order valence-corrected chi connectivity index (χ4v) is 2.77. The quantitative estimate of drug-likeness (QED) is 0.641. The number of rotatable bonds is 3. The Morgan fingerprint density at radius 2 is 1.96 bits per heavy atom. The van der Waals surface area contributed by atoms with Crippen molar-refractivity contribution in [3.63, 3.8) is 0 Å². The molecule has 0 saturated carbocycles. The minimum Gasteiger partial charge on any atom is -0.371 e. The van der Waals surface area contributed by atoms with Crippen molar-refractivity contribution in [3.8, 4) is 0 Å². The summed E-state index contributed by atoms with van der Waals surface area (Å²) in [5, 5.41) is 10.7. The van der Waals surface area contributed by atoms with Crippen molar-refractivity contribution in [2.24, 2.45) is 0 Å². The highest BCUT2D eigenvalue weighted by atomic mass is 16.6. The molecule has 0 aromatic carbocycles. The molecule has 1 aliphatic heterocycles. The molecule has 1 saturated heterocycles. The molecule has 0 radical (unpaired) electrons. The third-order valence-corrected chi connectivity index (χ3v) is 3.99. The van der Waals surface area contributed by atoms with Crippen molar-refractivity contribution in [3.05, 3.63) is 64.2 Å². The van der Waals surface area contributed by atoms with Gasteiger partial charge >= 0.3 is 0 Å². The standard InChI is InChI=1S/C17H18N4O2/c22-21(23)17-4-3-15(19-13-17)12-14-2-1-10-20(11-7-14)16-5-8-18-9-6-16/h3-6,8-9,12-13H,1-2,7,10-11H2/b14-12-. The lowest BCUT2D eigenvalue weighted by atomic mass is 10.1. The highest BCUT2D eigenvalue weighted by molar-refractivity contribution is 5.51. The van der Waals surface area contributed by atoms with Gasteiger partial charge in [-0.05, 0) is 43.5 Å². The number of nitro groups is 1. The zero-order valence-corrected chi connectivity index (χ0v) is 12.8. The number of hydrogen-bond acceptors (Lipinski definition) is 5. The van der Waals surface area contributed by atoms with Crippen LogP contribution in [0, 0.1) is 10.1 Å². The summed E-state index contributed by atoms with van der Waals surface area (Å²) in [6.45, 7) is 1.98. The zero-order chi connectivity index (χ0) is 16.1. The summed E-state index contributed by atoms with van der Waals surface area (Å²) < 4.78 is 0. The first-order chi connectivity index (χ1) is 11.2. The highest BCUT2D eigenvalue weighted by Crippen LogP contribution is 2.23. The number of anilines is 1. The van der Waals surface area contributed by atoms with Crippen LogP contribution in [0.5, 0.6) is 0 Å². The van der Waals surface area contributed by atoms with E-state index in [-0.39, 0.29) is 5.69 Å². The lowest BCUT2D eigenvalue weighted by Gasteiger charge is -2.21. The summed E-state index contributed by atoms with van der Waals surface area (Å²) in [6.07, 6.45) is 10.1. The molecule has 6 nitrogen and oxygen atoms in total. The van der Waals surface area contributed by atoms with Crippen molar-refractivity contribution in [1.29, 1.82) is 0 Å². The van der Waals surface area contributed by atoms with Gasteiger partial charge in [-0.25, -0.2) is 4.98 Å². The van der Waals surface area contributed by atoms with E-state index in [9.17, 15) is 10.1 Å². The molecule has 3 rings (SSSR count). The number of hydrogen-bond donors (Lipinski definition) is 0. The molecule has 0 atom stereocenters. The van der Waals surface area contributed by atoms with E-state index in [0.717, 1.165) is 38.0 Å². The minimum atomic E-state index is -0.428. The van der Waals surface area contributed by atoms with E-state index in [1.165, 1.54) is 23.5 Å². The monoisotopic (exact) mass is 310 g/mol. The van der Waals surface area contributed by atoms with Crippen LogP contribution >= 0.6 is 0 Å². The van der Waals surface area contributed by atoms with Crippen LogP contribution in [0.15, 0.2) is 48.4 Å². The fraction of sp³-hybridized carbons (Fsp3) is 0.294. The summed E-state index contributed by atoms with van der Waals surface area (Å²) >= 11 is 0. The molecule has 2 aromatic rings. The average molecular weight is 310 g/mol. The number of nitrogens with zero attached hydrogens (tertiary/aromatic N) is 4. The smallest absolute Gasteiger partial charge is 0.287 e. The molecule has 2 aromatic heterocycles. The molecule has 0 bridgehead atoms. The van der Waals surface area contributed by atoms with Crippen LogP contribution in [0.3, 0.4) is 0 Å². The molecule has 0 N–H and O–H groups in total. The van der Waals surface area contributed by atoms with Crippen molar-refractivity contribution >= 4 is 17.5 Å². The molecule has 6 heteroatoms. The molecule has 0 aliphatic carbocycles. The number of aromatic nitrogens is 2. The van der Waals surface area contributed by atoms with E-state index >= 15 is 0 Å². The average Bonchev–Trinajstić information content (AvgIpc) is 2.82. The Labute approximate surface area is 134 Å². The van der Waals surface area contributed by atoms with Gasteiger partial charge in [-0.2, -0.15) is 0 Å². The predicted octanol–water partition coefficient (Wildman–Crippen LogP) is 3.46. The van der Waals surface area contributed by atoms with E-state index in [1.807, 2.05) is 24.5 Å². The van der Waals surface area contributed by atoms with Gasteiger partial charge in [0.1, 0.15) is 6.20 Å². The Kier molecular flexibility index (Phi) is 4.61. The second-order valence-electron chi connectivity index (χ2n) is 5.55. The normalized spacial score (nSPS) is 17.0. The molecular weight excluding hydrogens is 292 g/mol. The summed E-state index contributed by atoms with van der Waals surface area (Å²) in [5.74, 6) is 0. The SMILES string of the molecule is O=[N+]([O-])c1ccc(/C=C2/CCCN(c3ccncc3)CC2)nc1. The van der Waals surface area contributed by atoms with Gasteiger partial charge in [0.25, 0.3) is 5.69 Å². The van der Waals surface area contributed by atoms with Crippen LogP contribution in [-0.4, -0.2) is 28.0 Å². The van der Waals surface area contributed by atoms with Crippen LogP contribution in [0.2, 0.25) is 0 Å². The van der Waals surface area contributed by atoms with Gasteiger partial charge in [0.2, 0.25) is 0 Å². The van der Waals surface area contributed by atoms with E-state index < -0.39 is 4.92 Å². The van der Waals surface area contributed by atoms with Gasteiger partial charge in [0.15, 0.2) is 0 Å². The summed E-state index contributed by atoms with van der Waals surface area (Å²) in [6, 6.07) is 7.27. The van der Waals surface area contributed by atoms with Crippen LogP contribution < -0.4 is 4.90 Å². The number of pyridine rings is 2. The minimum absolute atomic E-state index is 0.0249. The molecule has 0 unspecified atom stereocenters. The summed E-state index contributed by atoms with van der Waals surface area (Å²) in [5.41, 5.74) is 3.34. The predicted molar refractivity (Wildman–Crippen MR) is 89.2 cm³/mol. The van der Waals surface area contributed by atoms with E-state index in [0.29, 0.717) is 0 Å². The molecule has 3 heterocycles. The lowest BCUT2D eigenvalue weighted by Crippen LogP contribution is -2.23. The summed E-state index contributed by atoms with van der Waals surface area (Å²) in [7, 11) is 0. The first-order valence-corrected chi connectivity index (χ1v) is 7.67. The Morgan fingerprint density at radius 1 is 1.13 bits per heavy atom. The maximum atomic E-state index is 10.7. The van der Waals surface area contributed by atoms with Crippen LogP contribution in [0.25, 0.3) is 6.08 Å². The first-order valence-electron chi connectivity index (χ1n) is 7.67. The molecule has 1 fully saturated rings. The van der Waals surface area contributed by atoms with Gasteiger partial charge in [-0.15, -0.1) is 0 Å². The second kappa shape index (κ2) is 7.00. The van der Waals surface area contributed by atoms with Crippen LogP contribution in [0.1, 0.15) is 25.0 Å². The lowest BCUT2D eigenvalue weighted by molar-refractivity contribution is -0.385. The van der Waals surface area contributed by atoms with Crippen molar-refractivity contribution < 1.29 is 4.92 Å². The van der Waals surface area contributed by atoms with E-state index in [2.05, 4.69) is 20.9 Å². The maximum Gasteiger partial charge on any atom is 0.287 e. The molecular formula is C17H18N4O2. The molecule has 118 valence electrons. The van der Waals surface area contributed by atoms with Crippen LogP contribution in [-0.2, 0) is 0 Å². The van der Waals surface area contributed by atoms with Crippen molar-refractivity contribution in [2.45, 2.75) is 19.3 Å². The Morgan fingerprint density at radius 3 is 2.65 bits per heavy atom. The van der Waals surface area contributed by atoms with Gasteiger partial charge in [0, 0.05) is 37.2 Å². The van der Waals surface area contributed by atoms with E-state index in [1.54, 1.807) is 6.07 Å². The Bertz CT molecular complexity index is 698. The zero-order valence-electron chi connectivity index (χ0n) is 12.8.